The molecule has 1 atom stereocenters. The molecule has 1 N–H and O–H groups in total. The Labute approximate surface area is 115 Å². The van der Waals surface area contributed by atoms with Crippen LogP contribution in [0.3, 0.4) is 0 Å². The normalized spacial score (nSPS) is 17.4. The predicted molar refractivity (Wildman–Crippen MR) is 80.1 cm³/mol. The van der Waals surface area contributed by atoms with Crippen LogP contribution in [0.2, 0.25) is 0 Å². The molecule has 2 rings (SSSR count). The number of nitrogens with one attached hydrogen (secondary N) is 1. The third-order valence-electron chi connectivity index (χ3n) is 3.98. The molecule has 1 aliphatic rings. The minimum Gasteiger partial charge on any atom is -0.309 e. The minimum absolute atomic E-state index is 0.664. The summed E-state index contributed by atoms with van der Waals surface area (Å²) >= 11 is 1.96. The first-order chi connectivity index (χ1) is 8.60. The Hall–Kier alpha value is -0.380. The highest BCUT2D eigenvalue weighted by atomic mass is 32.1. The van der Waals surface area contributed by atoms with E-state index in [1.54, 1.807) is 0 Å². The van der Waals surface area contributed by atoms with Crippen molar-refractivity contribution in [3.63, 3.8) is 0 Å². The van der Waals surface area contributed by atoms with Gasteiger partial charge >= 0.3 is 0 Å². The van der Waals surface area contributed by atoms with Crippen molar-refractivity contribution in [3.05, 3.63) is 21.4 Å². The lowest BCUT2D eigenvalue weighted by atomic mass is 10.2. The monoisotopic (exact) mass is 266 g/mol. The zero-order valence-electron chi connectivity index (χ0n) is 12.1. The van der Waals surface area contributed by atoms with Crippen molar-refractivity contribution in [1.29, 1.82) is 0 Å². The number of aryl methyl sites for hydroxylation is 1. The molecule has 18 heavy (non-hydrogen) atoms. The van der Waals surface area contributed by atoms with Crippen LogP contribution in [0.25, 0.3) is 0 Å². The predicted octanol–water partition coefficient (Wildman–Crippen LogP) is 3.54. The van der Waals surface area contributed by atoms with Gasteiger partial charge in [-0.1, -0.05) is 6.92 Å². The fourth-order valence-corrected chi connectivity index (χ4v) is 3.10. The second-order valence-electron chi connectivity index (χ2n) is 5.62. The first-order valence-corrected chi connectivity index (χ1v) is 7.93. The van der Waals surface area contributed by atoms with Crippen LogP contribution in [0.15, 0.2) is 6.07 Å². The van der Waals surface area contributed by atoms with Crippen molar-refractivity contribution in [2.24, 2.45) is 0 Å². The highest BCUT2D eigenvalue weighted by Crippen LogP contribution is 2.25. The highest BCUT2D eigenvalue weighted by Gasteiger charge is 2.20. The van der Waals surface area contributed by atoms with Gasteiger partial charge in [0.15, 0.2) is 0 Å². The second-order valence-corrected chi connectivity index (χ2v) is 6.96. The molecule has 0 radical (unpaired) electrons. The number of rotatable bonds is 7. The Bertz CT molecular complexity index is 382. The van der Waals surface area contributed by atoms with E-state index in [-0.39, 0.29) is 0 Å². The van der Waals surface area contributed by atoms with Gasteiger partial charge in [-0.3, -0.25) is 4.90 Å². The third kappa shape index (κ3) is 3.81. The first kappa shape index (κ1) is 14.0. The van der Waals surface area contributed by atoms with Gasteiger partial charge in [-0.2, -0.15) is 0 Å². The summed E-state index contributed by atoms with van der Waals surface area (Å²) < 4.78 is 0. The van der Waals surface area contributed by atoms with E-state index in [1.165, 1.54) is 34.6 Å². The summed E-state index contributed by atoms with van der Waals surface area (Å²) in [6.07, 6.45) is 3.96. The van der Waals surface area contributed by atoms with Crippen LogP contribution in [0.5, 0.6) is 0 Å². The Kier molecular flexibility index (Phi) is 4.82. The van der Waals surface area contributed by atoms with Crippen LogP contribution >= 0.6 is 11.3 Å². The number of hydrogen-bond acceptors (Lipinski definition) is 3. The van der Waals surface area contributed by atoms with Crippen LogP contribution in [0, 0.1) is 6.92 Å². The summed E-state index contributed by atoms with van der Waals surface area (Å²) in [6.45, 7) is 8.96. The average Bonchev–Trinajstić information content (AvgIpc) is 3.12. The Morgan fingerprint density at radius 2 is 2.22 bits per heavy atom. The number of hydrogen-bond donors (Lipinski definition) is 1. The lowest BCUT2D eigenvalue weighted by Crippen LogP contribution is -2.27. The van der Waals surface area contributed by atoms with Gasteiger partial charge in [-0.05, 0) is 51.8 Å². The highest BCUT2D eigenvalue weighted by molar-refractivity contribution is 7.12. The molecule has 1 unspecified atom stereocenters. The standard InChI is InChI=1S/C15H26N2S/c1-5-11(2)17(4)10-13-8-15(18-12(13)3)9-16-14-6-7-14/h8,11,14,16H,5-7,9-10H2,1-4H3. The molecular formula is C15H26N2S. The molecule has 0 aliphatic heterocycles. The van der Waals surface area contributed by atoms with Crippen LogP contribution in [-0.2, 0) is 13.1 Å². The molecule has 0 amide bonds. The van der Waals surface area contributed by atoms with E-state index in [4.69, 9.17) is 0 Å². The summed E-state index contributed by atoms with van der Waals surface area (Å²) in [4.78, 5) is 5.43. The molecule has 2 nitrogen and oxygen atoms in total. The topological polar surface area (TPSA) is 15.3 Å². The molecule has 1 fully saturated rings. The average molecular weight is 266 g/mol. The molecule has 1 aromatic rings. The van der Waals surface area contributed by atoms with E-state index in [0.717, 1.165) is 19.1 Å². The fourth-order valence-electron chi connectivity index (χ4n) is 2.10. The zero-order chi connectivity index (χ0) is 13.1. The maximum atomic E-state index is 3.60. The maximum Gasteiger partial charge on any atom is 0.0302 e. The minimum atomic E-state index is 0.664. The van der Waals surface area contributed by atoms with Crippen LogP contribution in [0.4, 0.5) is 0 Å². The summed E-state index contributed by atoms with van der Waals surface area (Å²) in [5, 5.41) is 3.60. The van der Waals surface area contributed by atoms with Crippen molar-refractivity contribution >= 4 is 11.3 Å². The van der Waals surface area contributed by atoms with Gasteiger partial charge in [0, 0.05) is 34.9 Å². The second kappa shape index (κ2) is 6.18. The molecule has 0 spiro atoms. The molecule has 1 heterocycles. The quantitative estimate of drug-likeness (QED) is 0.812. The number of thiophene rings is 1. The van der Waals surface area contributed by atoms with Crippen molar-refractivity contribution < 1.29 is 0 Å². The van der Waals surface area contributed by atoms with Crippen molar-refractivity contribution in [2.75, 3.05) is 7.05 Å². The zero-order valence-corrected chi connectivity index (χ0v) is 12.9. The van der Waals surface area contributed by atoms with Gasteiger partial charge in [-0.15, -0.1) is 11.3 Å². The first-order valence-electron chi connectivity index (χ1n) is 7.12. The molecule has 3 heteroatoms. The van der Waals surface area contributed by atoms with E-state index in [0.29, 0.717) is 6.04 Å². The van der Waals surface area contributed by atoms with E-state index in [2.05, 4.69) is 44.1 Å². The Balaban J connectivity index is 1.90. The van der Waals surface area contributed by atoms with Crippen LogP contribution < -0.4 is 5.32 Å². The van der Waals surface area contributed by atoms with Crippen molar-refractivity contribution in [1.82, 2.24) is 10.2 Å². The lowest BCUT2D eigenvalue weighted by molar-refractivity contribution is 0.243. The van der Waals surface area contributed by atoms with Crippen LogP contribution in [0.1, 0.15) is 48.4 Å². The van der Waals surface area contributed by atoms with E-state index < -0.39 is 0 Å². The fraction of sp³-hybridized carbons (Fsp3) is 0.733. The maximum absolute atomic E-state index is 3.60. The van der Waals surface area contributed by atoms with Gasteiger partial charge in [0.25, 0.3) is 0 Å². The Morgan fingerprint density at radius 1 is 1.50 bits per heavy atom. The number of nitrogens with zero attached hydrogens (tertiary/aromatic N) is 1. The Morgan fingerprint density at radius 3 is 2.83 bits per heavy atom. The molecule has 0 saturated heterocycles. The molecular weight excluding hydrogens is 240 g/mol. The van der Waals surface area contributed by atoms with Gasteiger partial charge < -0.3 is 5.32 Å². The third-order valence-corrected chi connectivity index (χ3v) is 5.07. The lowest BCUT2D eigenvalue weighted by Gasteiger charge is -2.23. The SMILES string of the molecule is CCC(C)N(C)Cc1cc(CNC2CC2)sc1C. The van der Waals surface area contributed by atoms with E-state index >= 15 is 0 Å². The summed E-state index contributed by atoms with van der Waals surface area (Å²) in [5.41, 5.74) is 1.51. The largest absolute Gasteiger partial charge is 0.309 e. The molecule has 1 aromatic heterocycles. The molecule has 0 bridgehead atoms. The van der Waals surface area contributed by atoms with Gasteiger partial charge in [-0.25, -0.2) is 0 Å². The summed E-state index contributed by atoms with van der Waals surface area (Å²) in [6, 6.07) is 3.87. The molecule has 1 aliphatic carbocycles. The van der Waals surface area contributed by atoms with Crippen LogP contribution in [-0.4, -0.2) is 24.0 Å². The molecule has 1 saturated carbocycles. The van der Waals surface area contributed by atoms with E-state index in [9.17, 15) is 0 Å². The van der Waals surface area contributed by atoms with E-state index in [1.807, 2.05) is 11.3 Å². The molecule has 102 valence electrons. The van der Waals surface area contributed by atoms with Gasteiger partial charge in [0.1, 0.15) is 0 Å². The van der Waals surface area contributed by atoms with Gasteiger partial charge in [0.2, 0.25) is 0 Å². The summed E-state index contributed by atoms with van der Waals surface area (Å²) in [7, 11) is 2.23. The van der Waals surface area contributed by atoms with Crippen molar-refractivity contribution in [2.45, 2.75) is 65.2 Å². The van der Waals surface area contributed by atoms with Gasteiger partial charge in [0.05, 0.1) is 0 Å². The molecule has 0 aromatic carbocycles. The van der Waals surface area contributed by atoms with Crippen molar-refractivity contribution in [3.8, 4) is 0 Å². The summed E-state index contributed by atoms with van der Waals surface area (Å²) in [5.74, 6) is 0. The smallest absolute Gasteiger partial charge is 0.0302 e.